The molecule has 2 aromatic heterocycles. The van der Waals surface area contributed by atoms with Crippen molar-refractivity contribution in [3.8, 4) is 11.4 Å². The Balaban J connectivity index is 1.30. The zero-order valence-electron chi connectivity index (χ0n) is 15.8. The third kappa shape index (κ3) is 3.01. The van der Waals surface area contributed by atoms with Crippen LogP contribution in [0.25, 0.3) is 22.4 Å². The summed E-state index contributed by atoms with van der Waals surface area (Å²) >= 11 is 0. The molecule has 0 saturated carbocycles. The average molecular weight is 374 g/mol. The average Bonchev–Trinajstić information content (AvgIpc) is 3.38. The highest BCUT2D eigenvalue weighted by Crippen LogP contribution is 2.28. The number of rotatable bonds is 4. The largest absolute Gasteiger partial charge is 0.368 e. The molecule has 28 heavy (non-hydrogen) atoms. The van der Waals surface area contributed by atoms with Crippen LogP contribution >= 0.6 is 0 Å². The number of aromatic amines is 1. The van der Waals surface area contributed by atoms with Crippen molar-refractivity contribution in [3.05, 3.63) is 54.4 Å². The molecular weight excluding hydrogens is 352 g/mol. The monoisotopic (exact) mass is 374 g/mol. The molecule has 4 aromatic rings. The van der Waals surface area contributed by atoms with E-state index in [4.69, 9.17) is 4.98 Å². The number of H-pyrrole nitrogens is 1. The quantitative estimate of drug-likeness (QED) is 0.589. The number of hydrogen-bond donors (Lipinski definition) is 1. The Labute approximate surface area is 162 Å². The molecule has 3 heterocycles. The molecule has 0 amide bonds. The number of benzene rings is 2. The fourth-order valence-electron chi connectivity index (χ4n) is 3.90. The minimum absolute atomic E-state index is 0.637. The molecule has 0 unspecified atom stereocenters. The maximum Gasteiger partial charge on any atom is 0.206 e. The molecule has 0 aliphatic carbocycles. The minimum Gasteiger partial charge on any atom is -0.368 e. The number of nitrogens with zero attached hydrogens (tertiary/aromatic N) is 7. The first-order chi connectivity index (χ1) is 13.8. The topological polar surface area (TPSA) is 78.8 Å². The summed E-state index contributed by atoms with van der Waals surface area (Å²) in [5.41, 5.74) is 4.42. The molecule has 1 saturated heterocycles. The Morgan fingerprint density at radius 2 is 1.75 bits per heavy atom. The van der Waals surface area contributed by atoms with E-state index in [0.717, 1.165) is 55.3 Å². The Hall–Kier alpha value is -3.26. The first kappa shape index (κ1) is 16.9. The summed E-state index contributed by atoms with van der Waals surface area (Å²) in [7, 11) is 2.10. The summed E-state index contributed by atoms with van der Waals surface area (Å²) in [6.45, 7) is 4.76. The molecule has 1 aliphatic heterocycles. The highest BCUT2D eigenvalue weighted by Gasteiger charge is 2.22. The van der Waals surface area contributed by atoms with Crippen LogP contribution in [0.4, 0.5) is 5.69 Å². The zero-order chi connectivity index (χ0) is 18.9. The molecule has 8 heteroatoms. The lowest BCUT2D eigenvalue weighted by molar-refractivity contribution is 0.242. The van der Waals surface area contributed by atoms with Crippen molar-refractivity contribution in [1.82, 2.24) is 35.1 Å². The Morgan fingerprint density at radius 3 is 2.54 bits per heavy atom. The Morgan fingerprint density at radius 1 is 0.964 bits per heavy atom. The molecule has 0 bridgehead atoms. The highest BCUT2D eigenvalue weighted by molar-refractivity contribution is 5.76. The van der Waals surface area contributed by atoms with Gasteiger partial charge in [-0.15, -0.1) is 10.2 Å². The molecule has 1 aliphatic rings. The molecule has 2 aromatic carbocycles. The first-order valence-corrected chi connectivity index (χ1v) is 9.50. The van der Waals surface area contributed by atoms with Crippen molar-refractivity contribution in [2.45, 2.75) is 6.54 Å². The van der Waals surface area contributed by atoms with Gasteiger partial charge < -0.3 is 9.47 Å². The van der Waals surface area contributed by atoms with Gasteiger partial charge in [-0.3, -0.25) is 4.90 Å². The summed E-state index contributed by atoms with van der Waals surface area (Å²) in [5, 5.41) is 14.5. The maximum absolute atomic E-state index is 4.81. The highest BCUT2D eigenvalue weighted by atomic mass is 15.5. The molecule has 8 nitrogen and oxygen atoms in total. The number of imidazole rings is 1. The van der Waals surface area contributed by atoms with E-state index in [0.29, 0.717) is 5.82 Å². The first-order valence-electron chi connectivity index (χ1n) is 9.50. The van der Waals surface area contributed by atoms with Crippen LogP contribution in [0.5, 0.6) is 0 Å². The van der Waals surface area contributed by atoms with E-state index in [-0.39, 0.29) is 0 Å². The Bertz CT molecular complexity index is 1080. The summed E-state index contributed by atoms with van der Waals surface area (Å²) in [6, 6.07) is 16.6. The van der Waals surface area contributed by atoms with Crippen molar-refractivity contribution in [2.24, 2.45) is 7.05 Å². The van der Waals surface area contributed by atoms with Crippen LogP contribution in [0.15, 0.2) is 48.5 Å². The van der Waals surface area contributed by atoms with Crippen molar-refractivity contribution < 1.29 is 0 Å². The molecule has 0 spiro atoms. The molecule has 5 rings (SSSR count). The molecule has 0 radical (unpaired) electrons. The summed E-state index contributed by atoms with van der Waals surface area (Å²) in [5.74, 6) is 1.75. The van der Waals surface area contributed by atoms with E-state index in [1.807, 2.05) is 18.2 Å². The van der Waals surface area contributed by atoms with Crippen molar-refractivity contribution >= 4 is 16.7 Å². The fraction of sp³-hybridized carbons (Fsp3) is 0.300. The van der Waals surface area contributed by atoms with Gasteiger partial charge in [-0.25, -0.2) is 4.98 Å². The number of anilines is 1. The van der Waals surface area contributed by atoms with Gasteiger partial charge in [-0.05, 0) is 29.5 Å². The lowest BCUT2D eigenvalue weighted by Gasteiger charge is -2.36. The summed E-state index contributed by atoms with van der Waals surface area (Å²) < 4.78 is 2.20. The third-order valence-electron chi connectivity index (χ3n) is 5.45. The van der Waals surface area contributed by atoms with Crippen LogP contribution in [0.3, 0.4) is 0 Å². The lowest BCUT2D eigenvalue weighted by Crippen LogP contribution is -2.46. The number of para-hydroxylation sites is 3. The predicted molar refractivity (Wildman–Crippen MR) is 108 cm³/mol. The van der Waals surface area contributed by atoms with E-state index >= 15 is 0 Å². The van der Waals surface area contributed by atoms with Crippen molar-refractivity contribution in [2.75, 3.05) is 31.1 Å². The number of piperazine rings is 1. The second kappa shape index (κ2) is 7.05. The third-order valence-corrected chi connectivity index (χ3v) is 5.45. The number of tetrazole rings is 1. The van der Waals surface area contributed by atoms with Crippen LogP contribution in [-0.4, -0.2) is 61.3 Å². The smallest absolute Gasteiger partial charge is 0.206 e. The summed E-state index contributed by atoms with van der Waals surface area (Å²) in [6.07, 6.45) is 0. The molecule has 1 N–H and O–H groups in total. The summed E-state index contributed by atoms with van der Waals surface area (Å²) in [4.78, 5) is 9.68. The standard InChI is InChI=1S/C20H22N8/c1-26-18-9-5-3-7-16(18)21-19(26)14-27-10-12-28(13-11-27)17-8-4-2-6-15(17)20-22-24-25-23-20/h2-9H,10-14H2,1H3,(H,22,23,24,25). The van der Waals surface area contributed by atoms with Gasteiger partial charge in [0.1, 0.15) is 5.82 Å². The maximum atomic E-state index is 4.81. The zero-order valence-corrected chi connectivity index (χ0v) is 15.8. The second-order valence-corrected chi connectivity index (χ2v) is 7.09. The van der Waals surface area contributed by atoms with E-state index < -0.39 is 0 Å². The molecule has 142 valence electrons. The van der Waals surface area contributed by atoms with Gasteiger partial charge in [0.25, 0.3) is 0 Å². The van der Waals surface area contributed by atoms with Crippen LogP contribution in [0.1, 0.15) is 5.82 Å². The van der Waals surface area contributed by atoms with Crippen LogP contribution in [-0.2, 0) is 13.6 Å². The van der Waals surface area contributed by atoms with Gasteiger partial charge in [0.2, 0.25) is 5.82 Å². The van der Waals surface area contributed by atoms with E-state index in [1.54, 1.807) is 0 Å². The normalized spacial score (nSPS) is 15.4. The number of nitrogens with one attached hydrogen (secondary N) is 1. The minimum atomic E-state index is 0.637. The van der Waals surface area contributed by atoms with E-state index in [2.05, 4.69) is 72.4 Å². The van der Waals surface area contributed by atoms with Crippen LogP contribution < -0.4 is 4.90 Å². The van der Waals surface area contributed by atoms with Gasteiger partial charge in [0.15, 0.2) is 0 Å². The number of aromatic nitrogens is 6. The van der Waals surface area contributed by atoms with Gasteiger partial charge in [0, 0.05) is 44.5 Å². The fourth-order valence-corrected chi connectivity index (χ4v) is 3.90. The van der Waals surface area contributed by atoms with Crippen molar-refractivity contribution in [3.63, 3.8) is 0 Å². The van der Waals surface area contributed by atoms with Gasteiger partial charge >= 0.3 is 0 Å². The predicted octanol–water partition coefficient (Wildman–Crippen LogP) is 2.08. The second-order valence-electron chi connectivity index (χ2n) is 7.09. The van der Waals surface area contributed by atoms with Gasteiger partial charge in [-0.2, -0.15) is 5.21 Å². The van der Waals surface area contributed by atoms with Crippen molar-refractivity contribution in [1.29, 1.82) is 0 Å². The molecule has 0 atom stereocenters. The lowest BCUT2D eigenvalue weighted by atomic mass is 10.1. The van der Waals surface area contributed by atoms with Crippen LogP contribution in [0.2, 0.25) is 0 Å². The molecular formula is C20H22N8. The number of hydrogen-bond acceptors (Lipinski definition) is 6. The number of fused-ring (bicyclic) bond motifs is 1. The van der Waals surface area contributed by atoms with E-state index in [1.165, 1.54) is 5.52 Å². The SMILES string of the molecule is Cn1c(CN2CCN(c3ccccc3-c3nn[nH]n3)CC2)nc2ccccc21. The van der Waals surface area contributed by atoms with Gasteiger partial charge in [0.05, 0.1) is 17.6 Å². The van der Waals surface area contributed by atoms with Gasteiger partial charge in [-0.1, -0.05) is 24.3 Å². The van der Waals surface area contributed by atoms with Crippen LogP contribution in [0, 0.1) is 0 Å². The Kier molecular flexibility index (Phi) is 4.25. The number of aryl methyl sites for hydroxylation is 1. The molecule has 1 fully saturated rings. The van der Waals surface area contributed by atoms with E-state index in [9.17, 15) is 0 Å².